The van der Waals surface area contributed by atoms with E-state index in [2.05, 4.69) is 10.1 Å². The number of unbranched alkanes of at least 4 members (excludes halogenated alkanes) is 3. The third-order valence-electron chi connectivity index (χ3n) is 7.12. The maximum atomic E-state index is 10.6. The zero-order valence-corrected chi connectivity index (χ0v) is 33.4. The number of esters is 1. The van der Waals surface area contributed by atoms with E-state index in [1.54, 1.807) is 12.1 Å². The van der Waals surface area contributed by atoms with Gasteiger partial charge in [-0.2, -0.15) is 0 Å². The van der Waals surface area contributed by atoms with Gasteiger partial charge in [-0.05, 0) is 97.0 Å². The van der Waals surface area contributed by atoms with Crippen molar-refractivity contribution in [2.45, 2.75) is 135 Å². The van der Waals surface area contributed by atoms with Crippen molar-refractivity contribution in [3.05, 3.63) is 29.8 Å². The highest BCUT2D eigenvalue weighted by Crippen LogP contribution is 2.17. The van der Waals surface area contributed by atoms with Gasteiger partial charge in [0.05, 0.1) is 6.10 Å². The van der Waals surface area contributed by atoms with Crippen LogP contribution in [0.3, 0.4) is 0 Å². The molecule has 336 valence electrons. The third-order valence-corrected chi connectivity index (χ3v) is 7.12. The van der Waals surface area contributed by atoms with Crippen molar-refractivity contribution in [3.63, 3.8) is 0 Å². The number of hydrogen-bond donors (Lipinski definition) is 14. The predicted molar refractivity (Wildman–Crippen MR) is 222 cm³/mol. The first kappa shape index (κ1) is 62.4. The summed E-state index contributed by atoms with van der Waals surface area (Å²) in [7, 11) is 0. The number of hydrogen-bond acceptors (Lipinski definition) is 16. The minimum Gasteiger partial charge on any atom is -0.480 e. The van der Waals surface area contributed by atoms with Crippen molar-refractivity contribution in [1.29, 1.82) is 0 Å². The Kier molecular flexibility index (Phi) is 45.7. The number of aliphatic carboxylic acids is 3. The average Bonchev–Trinajstić information content (AvgIpc) is 3.12. The van der Waals surface area contributed by atoms with Crippen LogP contribution in [0.5, 0.6) is 5.75 Å². The Hall–Kier alpha value is -3.83. The molecule has 0 heterocycles. The molecule has 0 aliphatic carbocycles. The molecule has 0 bridgehead atoms. The number of ether oxygens (including phenoxy) is 1. The molecule has 0 amide bonds. The third kappa shape index (κ3) is 46.4. The molecule has 22 N–H and O–H groups in total. The maximum Gasteiger partial charge on any atom is 0.339 e. The van der Waals surface area contributed by atoms with Gasteiger partial charge in [0, 0.05) is 32.1 Å². The van der Waals surface area contributed by atoms with Gasteiger partial charge in [0.1, 0.15) is 29.4 Å². The number of benzene rings is 1. The number of carboxylic acid groups (broad SMARTS) is 4. The van der Waals surface area contributed by atoms with E-state index < -0.39 is 54.1 Å². The van der Waals surface area contributed by atoms with Gasteiger partial charge in [0.2, 0.25) is 0 Å². The Morgan fingerprint density at radius 2 is 1.09 bits per heavy atom. The fourth-order valence-electron chi connectivity index (χ4n) is 3.80. The zero-order chi connectivity index (χ0) is 44.1. The highest BCUT2D eigenvalue weighted by molar-refractivity contribution is 5.91. The van der Waals surface area contributed by atoms with E-state index in [-0.39, 0.29) is 38.2 Å². The van der Waals surface area contributed by atoms with Gasteiger partial charge < -0.3 is 81.5 Å². The van der Waals surface area contributed by atoms with Gasteiger partial charge in [-0.15, -0.1) is 0 Å². The summed E-state index contributed by atoms with van der Waals surface area (Å²) >= 11 is 0. The molecule has 0 aliphatic rings. The summed E-state index contributed by atoms with van der Waals surface area (Å²) in [6, 6.07) is 4.06. The van der Waals surface area contributed by atoms with Crippen molar-refractivity contribution in [2.24, 2.45) is 45.9 Å². The van der Waals surface area contributed by atoms with E-state index in [1.807, 2.05) is 13.8 Å². The van der Waals surface area contributed by atoms with Gasteiger partial charge in [0.25, 0.3) is 0 Å². The van der Waals surface area contributed by atoms with E-state index in [1.165, 1.54) is 31.9 Å². The Morgan fingerprint density at radius 1 is 0.649 bits per heavy atom. The van der Waals surface area contributed by atoms with Crippen molar-refractivity contribution in [3.8, 4) is 5.75 Å². The smallest absolute Gasteiger partial charge is 0.339 e. The van der Waals surface area contributed by atoms with E-state index in [9.17, 15) is 24.0 Å². The summed E-state index contributed by atoms with van der Waals surface area (Å²) in [6.07, 6.45) is 8.59. The summed E-state index contributed by atoms with van der Waals surface area (Å²) in [5, 5.41) is 45.8. The molecule has 0 saturated carbocycles. The van der Waals surface area contributed by atoms with Crippen LogP contribution in [-0.2, 0) is 19.2 Å². The molecular formula is C37H77N9O11. The number of nitrogens with one attached hydrogen (secondary N) is 1. The Balaban J connectivity index is -0.000000202. The molecule has 0 saturated heterocycles. The summed E-state index contributed by atoms with van der Waals surface area (Å²) in [5.41, 5.74) is 42.3. The molecule has 20 heteroatoms. The molecule has 6 unspecified atom stereocenters. The van der Waals surface area contributed by atoms with Gasteiger partial charge in [0.15, 0.2) is 0 Å². The summed E-state index contributed by atoms with van der Waals surface area (Å²) in [6.45, 7) is 7.82. The second-order valence-electron chi connectivity index (χ2n) is 12.9. The zero-order valence-electron chi connectivity index (χ0n) is 33.4. The topological polar surface area (TPSA) is 416 Å². The monoisotopic (exact) mass is 824 g/mol. The quantitative estimate of drug-likeness (QED) is 0.0369. The van der Waals surface area contributed by atoms with Crippen molar-refractivity contribution >= 4 is 29.8 Å². The molecular weight excluding hydrogens is 746 g/mol. The highest BCUT2D eigenvalue weighted by Gasteiger charge is 2.14. The predicted octanol–water partition coefficient (Wildman–Crippen LogP) is -0.0604. The molecule has 57 heavy (non-hydrogen) atoms. The van der Waals surface area contributed by atoms with Crippen LogP contribution >= 0.6 is 0 Å². The first-order chi connectivity index (χ1) is 26.2. The van der Waals surface area contributed by atoms with E-state index in [0.29, 0.717) is 37.9 Å². The molecule has 1 aromatic rings. The molecule has 20 nitrogen and oxygen atoms in total. The first-order valence-corrected chi connectivity index (χ1v) is 18.6. The lowest BCUT2D eigenvalue weighted by Gasteiger charge is -2.09. The number of rotatable bonds is 24. The second kappa shape index (κ2) is 41.8. The van der Waals surface area contributed by atoms with Crippen molar-refractivity contribution < 1.29 is 54.2 Å². The number of aromatic carboxylic acids is 1. The van der Waals surface area contributed by atoms with Gasteiger partial charge in [-0.1, -0.05) is 38.8 Å². The molecule has 0 aromatic heterocycles. The maximum absolute atomic E-state index is 10.6. The molecule has 1 rings (SSSR count). The van der Waals surface area contributed by atoms with Crippen LogP contribution in [0, 0.1) is 0 Å². The van der Waals surface area contributed by atoms with Crippen LogP contribution in [0.1, 0.15) is 109 Å². The Bertz CT molecular complexity index is 1130. The number of para-hydroxylation sites is 1. The van der Waals surface area contributed by atoms with Crippen LogP contribution < -0.4 is 55.9 Å². The summed E-state index contributed by atoms with van der Waals surface area (Å²) in [5.74, 6) is -4.66. The first-order valence-electron chi connectivity index (χ1n) is 18.6. The minimum absolute atomic E-state index is 0. The number of carbonyl (C=O) groups is 5. The fraction of sp³-hybridized carbons (Fsp3) is 0.703. The fourth-order valence-corrected chi connectivity index (χ4v) is 3.80. The lowest BCUT2D eigenvalue weighted by atomic mass is 10.1. The number of carboxylic acids is 4. The van der Waals surface area contributed by atoms with Crippen LogP contribution in [0.2, 0.25) is 0 Å². The number of aliphatic hydroxyl groups is 1. The van der Waals surface area contributed by atoms with E-state index in [4.69, 9.17) is 71.4 Å². The number of carbonyl (C=O) groups excluding carboxylic acids is 1. The summed E-state index contributed by atoms with van der Waals surface area (Å²) < 4.78 is 4.69. The molecule has 0 fully saturated rings. The number of aliphatic hydroxyl groups excluding tert-OH is 1. The molecule has 6 atom stereocenters. The van der Waals surface area contributed by atoms with Crippen LogP contribution in [0.25, 0.3) is 0 Å². The summed E-state index contributed by atoms with van der Waals surface area (Å²) in [4.78, 5) is 52.0. The van der Waals surface area contributed by atoms with Gasteiger partial charge in [-0.25, -0.2) is 4.79 Å². The molecule has 0 spiro atoms. The molecule has 1 aromatic carbocycles. The Morgan fingerprint density at radius 3 is 1.47 bits per heavy atom. The lowest BCUT2D eigenvalue weighted by molar-refractivity contribution is -0.139. The van der Waals surface area contributed by atoms with Gasteiger partial charge >= 0.3 is 29.8 Å². The molecule has 0 radical (unpaired) electrons. The van der Waals surface area contributed by atoms with Crippen LogP contribution in [0.15, 0.2) is 24.3 Å². The van der Waals surface area contributed by atoms with Crippen LogP contribution in [0.4, 0.5) is 0 Å². The minimum atomic E-state index is -1.11. The SMILES string of the molecule is C.CC(=O)Oc1ccccc1C(=O)O.CC(N)CCCCN.CC(N)CCCCN.NC(CCCCNCC(N)C(=O)O)C(=O)O.NCC(O)CCC(N)C(=O)O. The number of nitrogens with two attached hydrogens (primary N) is 8. The van der Waals surface area contributed by atoms with Gasteiger partial charge in [-0.3, -0.25) is 19.2 Å². The second-order valence-corrected chi connectivity index (χ2v) is 12.9. The largest absolute Gasteiger partial charge is 0.480 e. The average molecular weight is 824 g/mol. The van der Waals surface area contributed by atoms with E-state index in [0.717, 1.165) is 45.2 Å². The van der Waals surface area contributed by atoms with E-state index >= 15 is 0 Å². The highest BCUT2D eigenvalue weighted by atomic mass is 16.5. The molecule has 0 aliphatic heterocycles. The van der Waals surface area contributed by atoms with Crippen LogP contribution in [-0.4, -0.2) is 124 Å². The Labute approximate surface area is 338 Å². The standard InChI is InChI=1S/C9H19N3O4.C9H8O4.C6H14N2O3.2C6H16N2.CH4/c10-6(8(13)14)3-1-2-4-12-5-7(11)9(15)16;1-6(10)13-8-5-3-2-4-7(8)9(11)12;7-3-4(9)1-2-5(8)6(10)11;2*1-6(8)4-2-3-5-7;/h6-7,12H,1-5,10-11H2,(H,13,14)(H,15,16);2-5H,1H3,(H,11,12);4-5,9H,1-3,7-8H2,(H,10,11);2*6H,2-5,7-8H2,1H3;1H4. The normalized spacial score (nSPS) is 13.1. The van der Waals surface area contributed by atoms with Crippen molar-refractivity contribution in [2.75, 3.05) is 32.7 Å². The lowest BCUT2D eigenvalue weighted by Crippen LogP contribution is -2.40. The van der Waals surface area contributed by atoms with Crippen molar-refractivity contribution in [1.82, 2.24) is 5.32 Å².